The summed E-state index contributed by atoms with van der Waals surface area (Å²) in [6, 6.07) is -2.45. The minimum absolute atomic E-state index is 0.190. The summed E-state index contributed by atoms with van der Waals surface area (Å²) in [5.41, 5.74) is 0. The van der Waals surface area contributed by atoms with E-state index in [1.54, 1.807) is 0 Å². The van der Waals surface area contributed by atoms with Gasteiger partial charge in [0.05, 0.1) is 19.1 Å². The number of carboxylic acids is 2. The maximum absolute atomic E-state index is 11.9. The van der Waals surface area contributed by atoms with Crippen LogP contribution in [0.3, 0.4) is 0 Å². The number of nitrogens with one attached hydrogen (secondary N) is 1. The zero-order valence-electron chi connectivity index (χ0n) is 10.4. The molecule has 8 heteroatoms. The fraction of sp³-hybridized carbons (Fsp3) is 0.727. The maximum atomic E-state index is 11.9. The van der Waals surface area contributed by atoms with Gasteiger partial charge < -0.3 is 25.5 Å². The second kappa shape index (κ2) is 6.93. The minimum atomic E-state index is -1.47. The molecule has 0 aromatic rings. The molecule has 1 aliphatic rings. The molecule has 108 valence electrons. The molecule has 8 nitrogen and oxygen atoms in total. The van der Waals surface area contributed by atoms with Gasteiger partial charge in [-0.25, -0.2) is 9.59 Å². The number of carbonyl (C=O) groups is 3. The van der Waals surface area contributed by atoms with E-state index in [0.29, 0.717) is 13.0 Å². The molecular formula is C11H18N2O6. The summed E-state index contributed by atoms with van der Waals surface area (Å²) >= 11 is 0. The summed E-state index contributed by atoms with van der Waals surface area (Å²) in [5, 5.41) is 28.8. The summed E-state index contributed by atoms with van der Waals surface area (Å²) in [6.45, 7) is 0.237. The van der Waals surface area contributed by atoms with Crippen molar-refractivity contribution in [1.82, 2.24) is 10.2 Å². The van der Waals surface area contributed by atoms with E-state index in [0.717, 1.165) is 12.8 Å². The van der Waals surface area contributed by atoms with Crippen LogP contribution >= 0.6 is 0 Å². The number of hydrogen-bond donors (Lipinski definition) is 4. The summed E-state index contributed by atoms with van der Waals surface area (Å²) < 4.78 is 0. The monoisotopic (exact) mass is 274 g/mol. The minimum Gasteiger partial charge on any atom is -0.481 e. The molecule has 0 saturated carbocycles. The first-order chi connectivity index (χ1) is 8.95. The van der Waals surface area contributed by atoms with Crippen LogP contribution in [-0.4, -0.2) is 63.4 Å². The Bertz CT molecular complexity index is 359. The van der Waals surface area contributed by atoms with Gasteiger partial charge in [0.25, 0.3) is 0 Å². The Morgan fingerprint density at radius 3 is 2.47 bits per heavy atom. The summed E-state index contributed by atoms with van der Waals surface area (Å²) in [6.07, 6.45) is 1.65. The molecule has 2 atom stereocenters. The molecule has 2 amide bonds. The van der Waals surface area contributed by atoms with E-state index in [4.69, 9.17) is 15.3 Å². The summed E-state index contributed by atoms with van der Waals surface area (Å²) in [5.74, 6) is -2.70. The van der Waals surface area contributed by atoms with Crippen molar-refractivity contribution in [2.75, 3.05) is 13.2 Å². The molecule has 1 fully saturated rings. The molecule has 1 unspecified atom stereocenters. The zero-order chi connectivity index (χ0) is 14.4. The molecule has 4 N–H and O–H groups in total. The number of rotatable bonds is 5. The predicted molar refractivity (Wildman–Crippen MR) is 63.6 cm³/mol. The predicted octanol–water partition coefficient (Wildman–Crippen LogP) is -0.529. The van der Waals surface area contributed by atoms with Crippen molar-refractivity contribution in [1.29, 1.82) is 0 Å². The number of urea groups is 1. The van der Waals surface area contributed by atoms with Gasteiger partial charge in [0, 0.05) is 6.54 Å². The van der Waals surface area contributed by atoms with Crippen molar-refractivity contribution in [2.24, 2.45) is 0 Å². The van der Waals surface area contributed by atoms with Crippen LogP contribution in [0.2, 0.25) is 0 Å². The molecule has 0 bridgehead atoms. The van der Waals surface area contributed by atoms with Crippen molar-refractivity contribution >= 4 is 18.0 Å². The van der Waals surface area contributed by atoms with E-state index in [-0.39, 0.29) is 12.6 Å². The SMILES string of the molecule is O=C(O)C[C@H](NC(=O)N1CCCCC1CO)C(=O)O. The molecule has 19 heavy (non-hydrogen) atoms. The second-order valence-electron chi connectivity index (χ2n) is 4.46. The van der Waals surface area contributed by atoms with E-state index in [1.165, 1.54) is 4.90 Å². The quantitative estimate of drug-likeness (QED) is 0.533. The number of aliphatic hydroxyl groups excluding tert-OH is 1. The van der Waals surface area contributed by atoms with Crippen LogP contribution in [0.15, 0.2) is 0 Å². The van der Waals surface area contributed by atoms with Gasteiger partial charge in [0.1, 0.15) is 6.04 Å². The van der Waals surface area contributed by atoms with Crippen molar-refractivity contribution in [3.05, 3.63) is 0 Å². The van der Waals surface area contributed by atoms with Crippen molar-refractivity contribution < 1.29 is 29.7 Å². The third-order valence-corrected chi connectivity index (χ3v) is 3.07. The maximum Gasteiger partial charge on any atom is 0.326 e. The molecule has 0 spiro atoms. The normalized spacial score (nSPS) is 20.7. The first-order valence-electron chi connectivity index (χ1n) is 6.08. The smallest absolute Gasteiger partial charge is 0.326 e. The van der Waals surface area contributed by atoms with Crippen molar-refractivity contribution in [3.63, 3.8) is 0 Å². The fourth-order valence-electron chi connectivity index (χ4n) is 2.06. The summed E-state index contributed by atoms with van der Waals surface area (Å²) in [4.78, 5) is 34.7. The summed E-state index contributed by atoms with van der Waals surface area (Å²) in [7, 11) is 0. The molecule has 0 aromatic heterocycles. The molecule has 1 aliphatic heterocycles. The molecule has 0 aromatic carbocycles. The van der Waals surface area contributed by atoms with Gasteiger partial charge in [-0.2, -0.15) is 0 Å². The highest BCUT2D eigenvalue weighted by molar-refractivity contribution is 5.86. The lowest BCUT2D eigenvalue weighted by molar-refractivity contribution is -0.145. The van der Waals surface area contributed by atoms with Crippen LogP contribution in [0, 0.1) is 0 Å². The number of piperidine rings is 1. The highest BCUT2D eigenvalue weighted by Crippen LogP contribution is 2.16. The number of carboxylic acid groups (broad SMARTS) is 2. The third kappa shape index (κ3) is 4.40. The Labute approximate surface area is 110 Å². The lowest BCUT2D eigenvalue weighted by atomic mass is 10.0. The van der Waals surface area contributed by atoms with Crippen molar-refractivity contribution in [2.45, 2.75) is 37.8 Å². The number of hydrogen-bond acceptors (Lipinski definition) is 4. The van der Waals surface area contributed by atoms with Crippen LogP contribution in [0.1, 0.15) is 25.7 Å². The van der Waals surface area contributed by atoms with E-state index >= 15 is 0 Å². The number of nitrogens with zero attached hydrogens (tertiary/aromatic N) is 1. The van der Waals surface area contributed by atoms with Crippen LogP contribution in [0.25, 0.3) is 0 Å². The molecule has 1 saturated heterocycles. The van der Waals surface area contributed by atoms with E-state index < -0.39 is 30.4 Å². The van der Waals surface area contributed by atoms with E-state index in [9.17, 15) is 14.4 Å². The molecule has 0 radical (unpaired) electrons. The number of carbonyl (C=O) groups excluding carboxylic acids is 1. The fourth-order valence-corrected chi connectivity index (χ4v) is 2.06. The van der Waals surface area contributed by atoms with Crippen molar-refractivity contribution in [3.8, 4) is 0 Å². The largest absolute Gasteiger partial charge is 0.481 e. The molecule has 0 aliphatic carbocycles. The Morgan fingerprint density at radius 2 is 1.95 bits per heavy atom. The first kappa shape index (κ1) is 15.2. The highest BCUT2D eigenvalue weighted by Gasteiger charge is 2.30. The van der Waals surface area contributed by atoms with Gasteiger partial charge in [-0.3, -0.25) is 4.79 Å². The standard InChI is InChI=1S/C11H18N2O6/c14-6-7-3-1-2-4-13(7)11(19)12-8(10(17)18)5-9(15)16/h7-8,14H,1-6H2,(H,12,19)(H,15,16)(H,17,18)/t7?,8-/m0/s1. The Balaban J connectivity index is 2.64. The topological polar surface area (TPSA) is 127 Å². The molecule has 1 rings (SSSR count). The average molecular weight is 274 g/mol. The van der Waals surface area contributed by atoms with Gasteiger partial charge >= 0.3 is 18.0 Å². The third-order valence-electron chi connectivity index (χ3n) is 3.07. The van der Waals surface area contributed by atoms with E-state index in [1.807, 2.05) is 0 Å². The molecule has 1 heterocycles. The number of likely N-dealkylation sites (tertiary alicyclic amines) is 1. The number of aliphatic hydroxyl groups is 1. The Morgan fingerprint density at radius 1 is 1.26 bits per heavy atom. The Kier molecular flexibility index (Phi) is 5.56. The van der Waals surface area contributed by atoms with E-state index in [2.05, 4.69) is 5.32 Å². The van der Waals surface area contributed by atoms with Gasteiger partial charge in [0.15, 0.2) is 0 Å². The van der Waals surface area contributed by atoms with Gasteiger partial charge in [-0.15, -0.1) is 0 Å². The first-order valence-corrected chi connectivity index (χ1v) is 6.08. The highest BCUT2D eigenvalue weighted by atomic mass is 16.4. The van der Waals surface area contributed by atoms with Crippen LogP contribution < -0.4 is 5.32 Å². The van der Waals surface area contributed by atoms with Gasteiger partial charge in [-0.1, -0.05) is 0 Å². The lowest BCUT2D eigenvalue weighted by Crippen LogP contribution is -2.54. The van der Waals surface area contributed by atoms with Gasteiger partial charge in [0.2, 0.25) is 0 Å². The lowest BCUT2D eigenvalue weighted by Gasteiger charge is -2.35. The zero-order valence-corrected chi connectivity index (χ0v) is 10.4. The number of amides is 2. The van der Waals surface area contributed by atoms with Crippen LogP contribution in [0.4, 0.5) is 4.79 Å². The van der Waals surface area contributed by atoms with Gasteiger partial charge in [-0.05, 0) is 19.3 Å². The van der Waals surface area contributed by atoms with Crippen LogP contribution in [-0.2, 0) is 9.59 Å². The number of aliphatic carboxylic acids is 2. The second-order valence-corrected chi connectivity index (χ2v) is 4.46. The van der Waals surface area contributed by atoms with Crippen LogP contribution in [0.5, 0.6) is 0 Å². The molecular weight excluding hydrogens is 256 g/mol. The Hall–Kier alpha value is -1.83. The average Bonchev–Trinajstić information content (AvgIpc) is 2.37.